The van der Waals surface area contributed by atoms with E-state index in [0.29, 0.717) is 0 Å². The zero-order valence-corrected chi connectivity index (χ0v) is 10.9. The van der Waals surface area contributed by atoms with Crippen LogP contribution < -0.4 is 0 Å². The summed E-state index contributed by atoms with van der Waals surface area (Å²) < 4.78 is 0. The van der Waals surface area contributed by atoms with Gasteiger partial charge in [-0.05, 0) is 57.5 Å². The largest absolute Gasteiger partial charge is 0.306 e. The van der Waals surface area contributed by atoms with Crippen LogP contribution in [0.4, 0.5) is 0 Å². The topological polar surface area (TPSA) is 3.24 Å². The monoisotopic (exact) mass is 209 g/mol. The van der Waals surface area contributed by atoms with Crippen LogP contribution in [0.1, 0.15) is 46.0 Å². The van der Waals surface area contributed by atoms with Crippen molar-refractivity contribution < 1.29 is 0 Å². The second kappa shape index (κ2) is 4.45. The normalized spacial score (nSPS) is 35.8. The summed E-state index contributed by atoms with van der Waals surface area (Å²) in [5, 5.41) is 0. The number of nitrogens with zero attached hydrogens (tertiary/aromatic N) is 1. The first-order valence-corrected chi connectivity index (χ1v) is 6.76. The van der Waals surface area contributed by atoms with E-state index in [-0.39, 0.29) is 0 Å². The lowest BCUT2D eigenvalue weighted by Gasteiger charge is -2.48. The van der Waals surface area contributed by atoms with E-state index in [2.05, 4.69) is 32.8 Å². The van der Waals surface area contributed by atoms with Crippen molar-refractivity contribution in [1.82, 2.24) is 4.90 Å². The molecule has 15 heavy (non-hydrogen) atoms. The van der Waals surface area contributed by atoms with Crippen LogP contribution in [0, 0.1) is 23.7 Å². The molecule has 0 spiro atoms. The predicted octanol–water partition coefficient (Wildman–Crippen LogP) is 3.40. The van der Waals surface area contributed by atoms with Crippen molar-refractivity contribution in [3.63, 3.8) is 0 Å². The van der Waals surface area contributed by atoms with Gasteiger partial charge in [0.25, 0.3) is 0 Å². The Labute approximate surface area is 95.2 Å². The molecule has 2 rings (SSSR count). The molecule has 88 valence electrons. The Morgan fingerprint density at radius 2 is 1.60 bits per heavy atom. The van der Waals surface area contributed by atoms with Crippen LogP contribution in [0.15, 0.2) is 0 Å². The minimum atomic E-state index is 0.748. The molecule has 2 saturated carbocycles. The molecular formula is C14H27N. The van der Waals surface area contributed by atoms with Crippen LogP contribution >= 0.6 is 0 Å². The Balaban J connectivity index is 1.73. The molecule has 1 heteroatoms. The lowest BCUT2D eigenvalue weighted by Crippen LogP contribution is -2.42. The molecule has 1 nitrogen and oxygen atoms in total. The first-order valence-electron chi connectivity index (χ1n) is 6.76. The Kier molecular flexibility index (Phi) is 3.39. The van der Waals surface area contributed by atoms with Gasteiger partial charge in [-0.3, -0.25) is 0 Å². The van der Waals surface area contributed by atoms with E-state index in [4.69, 9.17) is 0 Å². The molecule has 0 radical (unpaired) electrons. The summed E-state index contributed by atoms with van der Waals surface area (Å²) in [6, 6.07) is 0.748. The Bertz CT molecular complexity index is 201. The fraction of sp³-hybridized carbons (Fsp3) is 1.00. The Hall–Kier alpha value is -0.0400. The van der Waals surface area contributed by atoms with Crippen molar-refractivity contribution in [1.29, 1.82) is 0 Å². The van der Waals surface area contributed by atoms with Gasteiger partial charge in [0.2, 0.25) is 0 Å². The maximum atomic E-state index is 2.45. The van der Waals surface area contributed by atoms with Crippen LogP contribution in [0.5, 0.6) is 0 Å². The van der Waals surface area contributed by atoms with Gasteiger partial charge in [-0.1, -0.05) is 26.2 Å². The zero-order chi connectivity index (χ0) is 11.0. The van der Waals surface area contributed by atoms with Gasteiger partial charge in [-0.2, -0.15) is 0 Å². The van der Waals surface area contributed by atoms with E-state index in [1.807, 2.05) is 0 Å². The molecule has 0 saturated heterocycles. The van der Waals surface area contributed by atoms with Gasteiger partial charge < -0.3 is 4.90 Å². The summed E-state index contributed by atoms with van der Waals surface area (Å²) in [4.78, 5) is 2.38. The maximum absolute atomic E-state index is 2.45. The van der Waals surface area contributed by atoms with Crippen LogP contribution in [0.2, 0.25) is 0 Å². The highest BCUT2D eigenvalue weighted by Gasteiger charge is 2.40. The summed E-state index contributed by atoms with van der Waals surface area (Å²) in [7, 11) is 4.42. The fourth-order valence-corrected chi connectivity index (χ4v) is 3.30. The van der Waals surface area contributed by atoms with Crippen molar-refractivity contribution in [2.24, 2.45) is 23.7 Å². The molecule has 0 aromatic rings. The third-order valence-corrected chi connectivity index (χ3v) is 5.35. The Morgan fingerprint density at radius 3 is 2.00 bits per heavy atom. The summed E-state index contributed by atoms with van der Waals surface area (Å²) in [5.41, 5.74) is 0. The molecule has 2 fully saturated rings. The highest BCUT2D eigenvalue weighted by atomic mass is 15.1. The van der Waals surface area contributed by atoms with E-state index < -0.39 is 0 Å². The van der Waals surface area contributed by atoms with Gasteiger partial charge in [-0.15, -0.1) is 0 Å². The third kappa shape index (κ3) is 2.22. The van der Waals surface area contributed by atoms with Gasteiger partial charge >= 0.3 is 0 Å². The lowest BCUT2D eigenvalue weighted by molar-refractivity contribution is 0.0230. The molecule has 2 aliphatic carbocycles. The number of hydrogen-bond donors (Lipinski definition) is 0. The minimum Gasteiger partial charge on any atom is -0.306 e. The van der Waals surface area contributed by atoms with Gasteiger partial charge in [0.1, 0.15) is 0 Å². The van der Waals surface area contributed by atoms with E-state index in [0.717, 1.165) is 29.7 Å². The van der Waals surface area contributed by atoms with Crippen molar-refractivity contribution in [3.8, 4) is 0 Å². The summed E-state index contributed by atoms with van der Waals surface area (Å²) in [6.45, 7) is 4.83. The first kappa shape index (κ1) is 11.4. The van der Waals surface area contributed by atoms with Gasteiger partial charge in [0.15, 0.2) is 0 Å². The van der Waals surface area contributed by atoms with Crippen LogP contribution in [0.25, 0.3) is 0 Å². The summed E-state index contributed by atoms with van der Waals surface area (Å²) >= 11 is 0. The molecular weight excluding hydrogens is 182 g/mol. The Morgan fingerprint density at radius 1 is 1.00 bits per heavy atom. The van der Waals surface area contributed by atoms with Crippen LogP contribution in [-0.4, -0.2) is 25.0 Å². The molecule has 0 N–H and O–H groups in total. The van der Waals surface area contributed by atoms with Gasteiger partial charge in [-0.25, -0.2) is 0 Å². The molecule has 0 heterocycles. The zero-order valence-electron chi connectivity index (χ0n) is 10.9. The molecule has 0 bridgehead atoms. The number of hydrogen-bond acceptors (Lipinski definition) is 1. The van der Waals surface area contributed by atoms with Crippen molar-refractivity contribution >= 4 is 0 Å². The van der Waals surface area contributed by atoms with E-state index in [1.165, 1.54) is 32.1 Å². The smallest absolute Gasteiger partial charge is 0.00891 e. The van der Waals surface area contributed by atoms with Crippen LogP contribution in [0.3, 0.4) is 0 Å². The maximum Gasteiger partial charge on any atom is 0.00891 e. The second-order valence-electron chi connectivity index (χ2n) is 6.25. The fourth-order valence-electron chi connectivity index (χ4n) is 3.30. The lowest BCUT2D eigenvalue weighted by atomic mass is 9.59. The van der Waals surface area contributed by atoms with Gasteiger partial charge in [0.05, 0.1) is 0 Å². The molecule has 0 aromatic carbocycles. The molecule has 2 aliphatic rings. The molecule has 0 aliphatic heterocycles. The highest BCUT2D eigenvalue weighted by molar-refractivity contribution is 4.91. The van der Waals surface area contributed by atoms with E-state index in [1.54, 1.807) is 0 Å². The first-order chi connectivity index (χ1) is 7.09. The van der Waals surface area contributed by atoms with Crippen molar-refractivity contribution in [3.05, 3.63) is 0 Å². The van der Waals surface area contributed by atoms with Crippen molar-refractivity contribution in [2.45, 2.75) is 52.0 Å². The average Bonchev–Trinajstić information content (AvgIpc) is 2.04. The van der Waals surface area contributed by atoms with E-state index in [9.17, 15) is 0 Å². The summed E-state index contributed by atoms with van der Waals surface area (Å²) in [5.74, 6) is 4.15. The molecule has 2 atom stereocenters. The van der Waals surface area contributed by atoms with Crippen molar-refractivity contribution in [2.75, 3.05) is 14.1 Å². The molecule has 2 unspecified atom stereocenters. The molecule has 0 amide bonds. The standard InChI is InChI=1S/C14H27N/c1-10(11(2)15(3)4)13-8-14(9-13)12-6-5-7-12/h10-14H,5-9H2,1-4H3. The van der Waals surface area contributed by atoms with E-state index >= 15 is 0 Å². The average molecular weight is 209 g/mol. The van der Waals surface area contributed by atoms with Crippen LogP contribution in [-0.2, 0) is 0 Å². The second-order valence-corrected chi connectivity index (χ2v) is 6.25. The highest BCUT2D eigenvalue weighted by Crippen LogP contribution is 2.49. The minimum absolute atomic E-state index is 0.748. The van der Waals surface area contributed by atoms with Gasteiger partial charge in [0, 0.05) is 6.04 Å². The third-order valence-electron chi connectivity index (χ3n) is 5.35. The SMILES string of the molecule is CC(C1CC(C2CCC2)C1)C(C)N(C)C. The molecule has 0 aromatic heterocycles. The number of rotatable bonds is 4. The predicted molar refractivity (Wildman–Crippen MR) is 65.9 cm³/mol. The summed E-state index contributed by atoms with van der Waals surface area (Å²) in [6.07, 6.45) is 7.65. The quantitative estimate of drug-likeness (QED) is 0.686.